The van der Waals surface area contributed by atoms with Gasteiger partial charge in [-0.15, -0.1) is 0 Å². The third kappa shape index (κ3) is 3.97. The lowest BCUT2D eigenvalue weighted by atomic mass is 9.82. The van der Waals surface area contributed by atoms with Gasteiger partial charge in [0.25, 0.3) is 0 Å². The number of hydrogen-bond donors (Lipinski definition) is 3. The molecule has 0 unspecified atom stereocenters. The Morgan fingerprint density at radius 1 is 0.952 bits per heavy atom. The second-order valence-electron chi connectivity index (χ2n) is 6.27. The third-order valence-electron chi connectivity index (χ3n) is 4.73. The van der Waals surface area contributed by atoms with E-state index < -0.39 is 0 Å². The molecular formula is C17H25N3O. The highest BCUT2D eigenvalue weighted by Crippen LogP contribution is 2.32. The smallest absolute Gasteiger partial charge is 0.315 e. The van der Waals surface area contributed by atoms with Crippen molar-refractivity contribution in [2.24, 2.45) is 0 Å². The van der Waals surface area contributed by atoms with E-state index in [9.17, 15) is 4.79 Å². The summed E-state index contributed by atoms with van der Waals surface area (Å²) < 4.78 is 0. The number of carbonyl (C=O) groups excluding carboxylic acids is 1. The third-order valence-corrected chi connectivity index (χ3v) is 4.73. The summed E-state index contributed by atoms with van der Waals surface area (Å²) in [6.45, 7) is 1.90. The largest absolute Gasteiger partial charge is 0.335 e. The van der Waals surface area contributed by atoms with E-state index in [1.807, 2.05) is 0 Å². The lowest BCUT2D eigenvalue weighted by molar-refractivity contribution is 0.228. The molecule has 3 N–H and O–H groups in total. The van der Waals surface area contributed by atoms with Crippen molar-refractivity contribution in [3.05, 3.63) is 35.9 Å². The van der Waals surface area contributed by atoms with E-state index in [0.717, 1.165) is 32.4 Å². The molecule has 0 bridgehead atoms. The van der Waals surface area contributed by atoms with E-state index in [2.05, 4.69) is 46.3 Å². The topological polar surface area (TPSA) is 53.2 Å². The van der Waals surface area contributed by atoms with Crippen LogP contribution in [0.15, 0.2) is 30.3 Å². The molecule has 2 aliphatic rings. The lowest BCUT2D eigenvalue weighted by Gasteiger charge is -2.29. The minimum Gasteiger partial charge on any atom is -0.335 e. The molecule has 0 radical (unpaired) electrons. The van der Waals surface area contributed by atoms with Gasteiger partial charge in [-0.05, 0) is 50.1 Å². The average Bonchev–Trinajstić information content (AvgIpc) is 3.02. The van der Waals surface area contributed by atoms with Crippen molar-refractivity contribution in [2.45, 2.75) is 50.1 Å². The van der Waals surface area contributed by atoms with Crippen LogP contribution in [0.25, 0.3) is 0 Å². The molecular weight excluding hydrogens is 262 g/mol. The fraction of sp³-hybridized carbons (Fsp3) is 0.588. The molecule has 4 heteroatoms. The number of benzene rings is 1. The van der Waals surface area contributed by atoms with E-state index in [1.54, 1.807) is 0 Å². The Labute approximate surface area is 126 Å². The van der Waals surface area contributed by atoms with Crippen LogP contribution in [0.4, 0.5) is 4.79 Å². The van der Waals surface area contributed by atoms with Crippen LogP contribution >= 0.6 is 0 Å². The molecule has 4 nitrogen and oxygen atoms in total. The van der Waals surface area contributed by atoms with Crippen LogP contribution < -0.4 is 16.0 Å². The second kappa shape index (κ2) is 6.94. The monoisotopic (exact) mass is 287 g/mol. The van der Waals surface area contributed by atoms with Crippen molar-refractivity contribution in [1.29, 1.82) is 0 Å². The number of carbonyl (C=O) groups is 1. The van der Waals surface area contributed by atoms with Crippen LogP contribution in [0, 0.1) is 0 Å². The minimum absolute atomic E-state index is 0.00635. The highest BCUT2D eigenvalue weighted by Gasteiger charge is 2.24. The van der Waals surface area contributed by atoms with Crippen molar-refractivity contribution >= 4 is 6.03 Å². The zero-order valence-electron chi connectivity index (χ0n) is 12.5. The molecule has 0 spiro atoms. The molecule has 21 heavy (non-hydrogen) atoms. The molecule has 1 saturated carbocycles. The van der Waals surface area contributed by atoms with Crippen LogP contribution in [-0.4, -0.2) is 31.2 Å². The first-order valence-electron chi connectivity index (χ1n) is 8.14. The predicted molar refractivity (Wildman–Crippen MR) is 84.4 cm³/mol. The Hall–Kier alpha value is -1.55. The Bertz CT molecular complexity index is 448. The maximum absolute atomic E-state index is 12.0. The normalized spacial score (nSPS) is 29.0. The van der Waals surface area contributed by atoms with Gasteiger partial charge in [0.15, 0.2) is 0 Å². The highest BCUT2D eigenvalue weighted by molar-refractivity contribution is 5.74. The van der Waals surface area contributed by atoms with Crippen molar-refractivity contribution in [3.63, 3.8) is 0 Å². The maximum Gasteiger partial charge on any atom is 0.315 e. The van der Waals surface area contributed by atoms with E-state index in [4.69, 9.17) is 0 Å². The molecule has 0 aromatic heterocycles. The number of nitrogens with one attached hydrogen (secondary N) is 3. The minimum atomic E-state index is 0.00635. The Balaban J connectivity index is 1.42. The van der Waals surface area contributed by atoms with E-state index in [-0.39, 0.29) is 6.03 Å². The second-order valence-corrected chi connectivity index (χ2v) is 6.27. The van der Waals surface area contributed by atoms with Gasteiger partial charge in [-0.1, -0.05) is 30.3 Å². The summed E-state index contributed by atoms with van der Waals surface area (Å²) in [7, 11) is 0. The summed E-state index contributed by atoms with van der Waals surface area (Å²) in [5.74, 6) is 0.659. The van der Waals surface area contributed by atoms with Crippen molar-refractivity contribution < 1.29 is 4.79 Å². The van der Waals surface area contributed by atoms with Crippen molar-refractivity contribution in [2.75, 3.05) is 13.1 Å². The molecule has 1 aromatic rings. The lowest BCUT2D eigenvalue weighted by Crippen LogP contribution is -2.47. The van der Waals surface area contributed by atoms with Gasteiger partial charge >= 0.3 is 6.03 Å². The van der Waals surface area contributed by atoms with Crippen molar-refractivity contribution in [1.82, 2.24) is 16.0 Å². The first-order chi connectivity index (χ1) is 10.3. The Morgan fingerprint density at radius 3 is 2.33 bits per heavy atom. The van der Waals surface area contributed by atoms with E-state index in [0.29, 0.717) is 18.0 Å². The number of hydrogen-bond acceptors (Lipinski definition) is 2. The zero-order valence-corrected chi connectivity index (χ0v) is 12.5. The predicted octanol–water partition coefficient (Wildman–Crippen LogP) is 2.37. The van der Waals surface area contributed by atoms with Crippen LogP contribution in [0.1, 0.15) is 43.6 Å². The molecule has 2 fully saturated rings. The molecule has 1 aliphatic heterocycles. The molecule has 114 valence electrons. The van der Waals surface area contributed by atoms with Crippen molar-refractivity contribution in [3.8, 4) is 0 Å². The van der Waals surface area contributed by atoms with Gasteiger partial charge in [-0.2, -0.15) is 0 Å². The molecule has 1 heterocycles. The van der Waals surface area contributed by atoms with Gasteiger partial charge in [0.1, 0.15) is 0 Å². The fourth-order valence-corrected chi connectivity index (χ4v) is 3.49. The summed E-state index contributed by atoms with van der Waals surface area (Å²) in [6.07, 6.45) is 5.53. The molecule has 1 aromatic carbocycles. The van der Waals surface area contributed by atoms with Gasteiger partial charge in [0.2, 0.25) is 0 Å². The molecule has 1 atom stereocenters. The molecule has 1 aliphatic carbocycles. The summed E-state index contributed by atoms with van der Waals surface area (Å²) in [6, 6.07) is 11.4. The number of rotatable bonds is 3. The SMILES string of the molecule is O=C(NC1CCC(c2ccccc2)CC1)N[C@@H]1CCNC1. The van der Waals surface area contributed by atoms with Crippen LogP contribution in [0.5, 0.6) is 0 Å². The van der Waals surface area contributed by atoms with E-state index >= 15 is 0 Å². The quantitative estimate of drug-likeness (QED) is 0.799. The van der Waals surface area contributed by atoms with Gasteiger partial charge in [0.05, 0.1) is 0 Å². The maximum atomic E-state index is 12.0. The van der Waals surface area contributed by atoms with E-state index in [1.165, 1.54) is 18.4 Å². The molecule has 1 saturated heterocycles. The Morgan fingerprint density at radius 2 is 1.67 bits per heavy atom. The number of amides is 2. The summed E-state index contributed by atoms with van der Waals surface area (Å²) in [5, 5.41) is 9.46. The van der Waals surface area contributed by atoms with Gasteiger partial charge in [-0.25, -0.2) is 4.79 Å². The fourth-order valence-electron chi connectivity index (χ4n) is 3.49. The van der Waals surface area contributed by atoms with Crippen LogP contribution in [-0.2, 0) is 0 Å². The molecule has 2 amide bonds. The van der Waals surface area contributed by atoms with Gasteiger partial charge in [0, 0.05) is 18.6 Å². The summed E-state index contributed by atoms with van der Waals surface area (Å²) in [5.41, 5.74) is 1.44. The van der Waals surface area contributed by atoms with Crippen LogP contribution in [0.2, 0.25) is 0 Å². The van der Waals surface area contributed by atoms with Gasteiger partial charge in [-0.3, -0.25) is 0 Å². The summed E-state index contributed by atoms with van der Waals surface area (Å²) >= 11 is 0. The first kappa shape index (κ1) is 14.4. The Kier molecular flexibility index (Phi) is 4.76. The summed E-state index contributed by atoms with van der Waals surface area (Å²) in [4.78, 5) is 12.0. The average molecular weight is 287 g/mol. The standard InChI is InChI=1S/C17H25N3O/c21-17(20-16-10-11-18-12-16)19-15-8-6-14(7-9-15)13-4-2-1-3-5-13/h1-5,14-16,18H,6-12H2,(H2,19,20,21)/t14?,15?,16-/m1/s1. The van der Waals surface area contributed by atoms with Gasteiger partial charge < -0.3 is 16.0 Å². The zero-order chi connectivity index (χ0) is 14.5. The van der Waals surface area contributed by atoms with Crippen LogP contribution in [0.3, 0.4) is 0 Å². The number of urea groups is 1. The first-order valence-corrected chi connectivity index (χ1v) is 8.14. The highest BCUT2D eigenvalue weighted by atomic mass is 16.2. The molecule has 3 rings (SSSR count).